The van der Waals surface area contributed by atoms with Gasteiger partial charge in [0.2, 0.25) is 0 Å². The maximum absolute atomic E-state index is 5.09. The Labute approximate surface area is 124 Å². The van der Waals surface area contributed by atoms with Gasteiger partial charge in [-0.15, -0.1) is 11.3 Å². The summed E-state index contributed by atoms with van der Waals surface area (Å²) in [5.41, 5.74) is 2.49. The van der Waals surface area contributed by atoms with Crippen molar-refractivity contribution in [2.45, 2.75) is 38.8 Å². The lowest BCUT2D eigenvalue weighted by Gasteiger charge is -2.23. The van der Waals surface area contributed by atoms with Crippen LogP contribution in [0.15, 0.2) is 16.7 Å². The van der Waals surface area contributed by atoms with E-state index in [1.165, 1.54) is 27.7 Å². The molecule has 0 amide bonds. The van der Waals surface area contributed by atoms with E-state index in [4.69, 9.17) is 4.52 Å². The third-order valence-electron chi connectivity index (χ3n) is 3.29. The molecule has 2 aromatic heterocycles. The van der Waals surface area contributed by atoms with E-state index in [9.17, 15) is 0 Å². The van der Waals surface area contributed by atoms with Crippen LogP contribution in [-0.2, 0) is 13.0 Å². The van der Waals surface area contributed by atoms with Crippen molar-refractivity contribution in [3.63, 3.8) is 0 Å². The Bertz CT molecular complexity index is 549. The third-order valence-corrected chi connectivity index (χ3v) is 5.26. The number of rotatable bonds is 3. The van der Waals surface area contributed by atoms with Crippen molar-refractivity contribution in [1.82, 2.24) is 10.5 Å². The first-order valence-corrected chi connectivity index (χ1v) is 8.05. The molecule has 5 heteroatoms. The lowest BCUT2D eigenvalue weighted by atomic mass is 9.94. The molecule has 1 N–H and O–H groups in total. The van der Waals surface area contributed by atoms with Crippen molar-refractivity contribution in [2.75, 3.05) is 0 Å². The van der Waals surface area contributed by atoms with E-state index >= 15 is 0 Å². The molecule has 3 nitrogen and oxygen atoms in total. The summed E-state index contributed by atoms with van der Waals surface area (Å²) in [4.78, 5) is 1.56. The quantitative estimate of drug-likeness (QED) is 0.831. The molecule has 0 saturated heterocycles. The standard InChI is InChI=1S/C13H15IN2OS/c1-8-5-9(16-17-8)7-15-11-3-2-4-12-10(11)6-13(14)18-12/h5-6,11,15H,2-4,7H2,1H3. The van der Waals surface area contributed by atoms with E-state index in [0.717, 1.165) is 18.0 Å². The van der Waals surface area contributed by atoms with Crippen LogP contribution in [-0.4, -0.2) is 5.16 Å². The fraction of sp³-hybridized carbons (Fsp3) is 0.462. The normalized spacial score (nSPS) is 18.9. The first-order chi connectivity index (χ1) is 8.72. The van der Waals surface area contributed by atoms with Crippen LogP contribution in [0.1, 0.15) is 40.8 Å². The van der Waals surface area contributed by atoms with Gasteiger partial charge in [-0.05, 0) is 60.4 Å². The first kappa shape index (κ1) is 12.6. The van der Waals surface area contributed by atoms with E-state index in [0.29, 0.717) is 6.04 Å². The molecule has 1 aliphatic carbocycles. The van der Waals surface area contributed by atoms with E-state index in [-0.39, 0.29) is 0 Å². The average Bonchev–Trinajstić information content (AvgIpc) is 2.91. The van der Waals surface area contributed by atoms with Crippen molar-refractivity contribution >= 4 is 33.9 Å². The predicted molar refractivity (Wildman–Crippen MR) is 80.8 cm³/mol. The van der Waals surface area contributed by atoms with E-state index in [1.807, 2.05) is 24.3 Å². The Hall–Kier alpha value is -0.400. The van der Waals surface area contributed by atoms with Crippen molar-refractivity contribution in [2.24, 2.45) is 0 Å². The van der Waals surface area contributed by atoms with Gasteiger partial charge >= 0.3 is 0 Å². The Morgan fingerprint density at radius 3 is 3.22 bits per heavy atom. The van der Waals surface area contributed by atoms with Crippen LogP contribution in [0, 0.1) is 9.81 Å². The molecule has 0 bridgehead atoms. The number of fused-ring (bicyclic) bond motifs is 1. The highest BCUT2D eigenvalue weighted by Crippen LogP contribution is 2.36. The maximum Gasteiger partial charge on any atom is 0.133 e. The lowest BCUT2D eigenvalue weighted by molar-refractivity contribution is 0.382. The molecular weight excluding hydrogens is 359 g/mol. The number of hydrogen-bond acceptors (Lipinski definition) is 4. The summed E-state index contributed by atoms with van der Waals surface area (Å²) in [7, 11) is 0. The summed E-state index contributed by atoms with van der Waals surface area (Å²) in [5, 5.41) is 7.63. The summed E-state index contributed by atoms with van der Waals surface area (Å²) in [5.74, 6) is 0.876. The summed E-state index contributed by atoms with van der Waals surface area (Å²) >= 11 is 4.35. The number of halogens is 1. The van der Waals surface area contributed by atoms with Crippen LogP contribution < -0.4 is 5.32 Å². The Kier molecular flexibility index (Phi) is 3.72. The fourth-order valence-electron chi connectivity index (χ4n) is 2.46. The zero-order chi connectivity index (χ0) is 12.5. The van der Waals surface area contributed by atoms with Crippen molar-refractivity contribution in [3.05, 3.63) is 36.9 Å². The minimum atomic E-state index is 0.477. The zero-order valence-corrected chi connectivity index (χ0v) is 13.2. The van der Waals surface area contributed by atoms with Gasteiger partial charge in [-0.2, -0.15) is 0 Å². The minimum Gasteiger partial charge on any atom is -0.361 e. The Morgan fingerprint density at radius 2 is 2.44 bits per heavy atom. The predicted octanol–water partition coefficient (Wildman–Crippen LogP) is 3.82. The number of aromatic nitrogens is 1. The molecule has 0 radical (unpaired) electrons. The largest absolute Gasteiger partial charge is 0.361 e. The number of thiophene rings is 1. The highest BCUT2D eigenvalue weighted by Gasteiger charge is 2.22. The second-order valence-electron chi connectivity index (χ2n) is 4.68. The van der Waals surface area contributed by atoms with Crippen molar-refractivity contribution < 1.29 is 4.52 Å². The summed E-state index contributed by atoms with van der Waals surface area (Å²) in [6.07, 6.45) is 3.74. The molecule has 3 rings (SSSR count). The molecule has 0 spiro atoms. The molecule has 96 valence electrons. The van der Waals surface area contributed by atoms with Crippen LogP contribution in [0.2, 0.25) is 0 Å². The summed E-state index contributed by atoms with van der Waals surface area (Å²) in [6.45, 7) is 2.71. The molecular formula is C13H15IN2OS. The van der Waals surface area contributed by atoms with Gasteiger partial charge in [0.25, 0.3) is 0 Å². The molecule has 0 aliphatic heterocycles. The van der Waals surface area contributed by atoms with Gasteiger partial charge in [-0.1, -0.05) is 5.16 Å². The summed E-state index contributed by atoms with van der Waals surface area (Å²) < 4.78 is 6.48. The van der Waals surface area contributed by atoms with Crippen LogP contribution in [0.25, 0.3) is 0 Å². The number of nitrogens with zero attached hydrogens (tertiary/aromatic N) is 1. The maximum atomic E-state index is 5.09. The van der Waals surface area contributed by atoms with Gasteiger partial charge < -0.3 is 9.84 Å². The van der Waals surface area contributed by atoms with Gasteiger partial charge in [0.05, 0.1) is 8.58 Å². The highest BCUT2D eigenvalue weighted by molar-refractivity contribution is 14.1. The molecule has 18 heavy (non-hydrogen) atoms. The van der Waals surface area contributed by atoms with Crippen LogP contribution >= 0.6 is 33.9 Å². The van der Waals surface area contributed by atoms with Crippen molar-refractivity contribution in [1.29, 1.82) is 0 Å². The first-order valence-electron chi connectivity index (χ1n) is 6.16. The van der Waals surface area contributed by atoms with Gasteiger partial charge in [-0.3, -0.25) is 0 Å². The molecule has 0 fully saturated rings. The average molecular weight is 374 g/mol. The molecule has 2 heterocycles. The summed E-state index contributed by atoms with van der Waals surface area (Å²) in [6, 6.07) is 4.80. The van der Waals surface area contributed by atoms with Gasteiger partial charge in [-0.25, -0.2) is 0 Å². The SMILES string of the molecule is Cc1cc(CNC2CCCc3sc(I)cc32)no1. The van der Waals surface area contributed by atoms with Gasteiger partial charge in [0.1, 0.15) is 5.76 Å². The molecule has 1 unspecified atom stereocenters. The van der Waals surface area contributed by atoms with Crippen molar-refractivity contribution in [3.8, 4) is 0 Å². The minimum absolute atomic E-state index is 0.477. The van der Waals surface area contributed by atoms with Crippen LogP contribution in [0.3, 0.4) is 0 Å². The highest BCUT2D eigenvalue weighted by atomic mass is 127. The van der Waals surface area contributed by atoms with E-state index < -0.39 is 0 Å². The zero-order valence-electron chi connectivity index (χ0n) is 10.2. The molecule has 1 atom stereocenters. The van der Waals surface area contributed by atoms with E-state index in [1.54, 1.807) is 4.88 Å². The smallest absolute Gasteiger partial charge is 0.133 e. The van der Waals surface area contributed by atoms with Gasteiger partial charge in [0, 0.05) is 23.5 Å². The lowest BCUT2D eigenvalue weighted by Crippen LogP contribution is -2.23. The Balaban J connectivity index is 1.70. The second kappa shape index (κ2) is 5.30. The van der Waals surface area contributed by atoms with Gasteiger partial charge in [0.15, 0.2) is 0 Å². The van der Waals surface area contributed by atoms with E-state index in [2.05, 4.69) is 39.1 Å². The molecule has 2 aromatic rings. The molecule has 0 saturated carbocycles. The number of nitrogens with one attached hydrogen (secondary N) is 1. The van der Waals surface area contributed by atoms with Crippen LogP contribution in [0.5, 0.6) is 0 Å². The van der Waals surface area contributed by atoms with Crippen LogP contribution in [0.4, 0.5) is 0 Å². The number of hydrogen-bond donors (Lipinski definition) is 1. The topological polar surface area (TPSA) is 38.1 Å². The second-order valence-corrected chi connectivity index (χ2v) is 7.71. The molecule has 1 aliphatic rings. The third kappa shape index (κ3) is 2.62. The fourth-order valence-corrected chi connectivity index (χ4v) is 4.58. The Morgan fingerprint density at radius 1 is 1.56 bits per heavy atom. The number of aryl methyl sites for hydroxylation is 2. The molecule has 0 aromatic carbocycles. The monoisotopic (exact) mass is 374 g/mol.